The highest BCUT2D eigenvalue weighted by Gasteiger charge is 2.25. The molecule has 15 heteroatoms. The molecule has 0 atom stereocenters. The lowest BCUT2D eigenvalue weighted by Crippen LogP contribution is -2.13. The fraction of sp³-hybridized carbons (Fsp3) is 0.180. The van der Waals surface area contributed by atoms with Crippen molar-refractivity contribution >= 4 is 35.2 Å². The van der Waals surface area contributed by atoms with Gasteiger partial charge < -0.3 is 25.4 Å². The molecule has 15 nitrogen and oxygen atoms in total. The Morgan fingerprint density at radius 2 is 0.895 bits per heavy atom. The molecule has 3 N–H and O–H groups in total. The van der Waals surface area contributed by atoms with Crippen LogP contribution in [0, 0.1) is 13.8 Å². The Kier molecular flexibility index (Phi) is 15.5. The zero-order chi connectivity index (χ0) is 52.2. The molecule has 3 aromatic carbocycles. The molecular weight excluding hydrogens is 953 g/mol. The van der Waals surface area contributed by atoms with Gasteiger partial charge in [0.2, 0.25) is 0 Å². The molecule has 0 spiro atoms. The van der Waals surface area contributed by atoms with Crippen LogP contribution in [0.3, 0.4) is 0 Å². The number of nitrogens with one attached hydrogen (secondary N) is 3. The molecule has 0 radical (unpaired) electrons. The van der Waals surface area contributed by atoms with E-state index in [1.165, 1.54) is 37.0 Å². The molecule has 76 heavy (non-hydrogen) atoms. The van der Waals surface area contributed by atoms with Gasteiger partial charge in [0.05, 0.1) is 28.9 Å². The maximum Gasteiger partial charge on any atom is 0.259 e. The lowest BCUT2D eigenvalue weighted by molar-refractivity contribution is 0.101. The standard InChI is InChI=1S/C21H19N3O.C20H18N4O2.C20H17N3O2/c1-14-5-6-19(13-22-14)21(25)24-20-10-9-18(12-23-20)17-4-2-3-16(11-17)15-7-8-15;1-13-21-11-16(12-22-13)20(25)24-19-8-5-15(10-23-19)14-3-2-4-18(9-14)26-17-6-7-17;24-20(16-4-2-10-21-12-16)23-19-9-6-15(13-22-19)14-3-1-5-18(11-14)25-17-7-8-17/h2-6,9-13,15H,7-8H2,1H3,(H,23,24,25);2-5,8-12,17H,6-7H2,1H3,(H,23,24,25);1-6,9-13,17H,7-8H2,(H,22,23,24). The van der Waals surface area contributed by atoms with Crippen molar-refractivity contribution in [3.05, 3.63) is 217 Å². The minimum absolute atomic E-state index is 0.205. The second-order valence-corrected chi connectivity index (χ2v) is 18.7. The number of carbonyl (C=O) groups is 3. The summed E-state index contributed by atoms with van der Waals surface area (Å²) in [7, 11) is 0. The van der Waals surface area contributed by atoms with Crippen LogP contribution in [0.1, 0.15) is 92.6 Å². The SMILES string of the molecule is Cc1ccc(C(=O)Nc2ccc(-c3cccc(C4CC4)c3)cn2)cn1.Cc1ncc(C(=O)Nc2ccc(-c3cccc(OC4CC4)c3)cn2)cn1.O=C(Nc1ccc(-c2cccc(OC3CC3)c2)cn1)c1cccnc1. The number of hydrogen-bond donors (Lipinski definition) is 3. The number of pyridine rings is 5. The fourth-order valence-corrected chi connectivity index (χ4v) is 7.73. The van der Waals surface area contributed by atoms with E-state index in [1.54, 1.807) is 68.2 Å². The number of ether oxygens (including phenoxy) is 2. The zero-order valence-electron chi connectivity index (χ0n) is 42.0. The van der Waals surface area contributed by atoms with E-state index in [2.05, 4.69) is 75.1 Å². The molecule has 12 rings (SSSR count). The van der Waals surface area contributed by atoms with Gasteiger partial charge in [0, 0.05) is 72.0 Å². The quantitative estimate of drug-likeness (QED) is 0.0934. The van der Waals surface area contributed by atoms with Crippen LogP contribution in [0.25, 0.3) is 33.4 Å². The predicted molar refractivity (Wildman–Crippen MR) is 292 cm³/mol. The number of anilines is 3. The van der Waals surface area contributed by atoms with Crippen molar-refractivity contribution in [1.82, 2.24) is 34.9 Å². The van der Waals surface area contributed by atoms with E-state index in [0.717, 1.165) is 82.2 Å². The second-order valence-electron chi connectivity index (χ2n) is 18.7. The van der Waals surface area contributed by atoms with E-state index in [0.29, 0.717) is 52.2 Å². The van der Waals surface area contributed by atoms with E-state index in [9.17, 15) is 14.4 Å². The minimum atomic E-state index is -0.287. The van der Waals surface area contributed by atoms with Gasteiger partial charge in [0.25, 0.3) is 17.7 Å². The Hall–Kier alpha value is -9.50. The molecule has 3 saturated carbocycles. The molecule has 0 aliphatic heterocycles. The van der Waals surface area contributed by atoms with Crippen LogP contribution < -0.4 is 25.4 Å². The minimum Gasteiger partial charge on any atom is -0.490 e. The summed E-state index contributed by atoms with van der Waals surface area (Å²) in [4.78, 5) is 65.7. The largest absolute Gasteiger partial charge is 0.490 e. The van der Waals surface area contributed by atoms with E-state index in [4.69, 9.17) is 9.47 Å². The van der Waals surface area contributed by atoms with E-state index < -0.39 is 0 Å². The van der Waals surface area contributed by atoms with Crippen molar-refractivity contribution in [2.75, 3.05) is 16.0 Å². The highest BCUT2D eigenvalue weighted by Crippen LogP contribution is 2.41. The lowest BCUT2D eigenvalue weighted by Gasteiger charge is -2.08. The van der Waals surface area contributed by atoms with Crippen molar-refractivity contribution in [3.63, 3.8) is 0 Å². The molecule has 3 amide bonds. The summed E-state index contributed by atoms with van der Waals surface area (Å²) in [5.74, 6) is 3.91. The summed E-state index contributed by atoms with van der Waals surface area (Å²) in [6, 6.07) is 42.8. The van der Waals surface area contributed by atoms with Gasteiger partial charge in [-0.05, 0) is 165 Å². The van der Waals surface area contributed by atoms with Crippen LogP contribution >= 0.6 is 0 Å². The molecule has 3 fully saturated rings. The molecule has 6 heterocycles. The molecule has 378 valence electrons. The van der Waals surface area contributed by atoms with Crippen LogP contribution in [0.15, 0.2) is 183 Å². The fourth-order valence-electron chi connectivity index (χ4n) is 7.73. The first-order chi connectivity index (χ1) is 37.1. The van der Waals surface area contributed by atoms with Crippen molar-refractivity contribution in [3.8, 4) is 44.9 Å². The summed E-state index contributed by atoms with van der Waals surface area (Å²) < 4.78 is 11.7. The van der Waals surface area contributed by atoms with Gasteiger partial charge in [-0.3, -0.25) is 24.4 Å². The molecule has 0 unspecified atom stereocenters. The summed E-state index contributed by atoms with van der Waals surface area (Å²) in [6.45, 7) is 3.66. The van der Waals surface area contributed by atoms with Crippen LogP contribution in [0.2, 0.25) is 0 Å². The van der Waals surface area contributed by atoms with Gasteiger partial charge in [-0.1, -0.05) is 48.5 Å². The number of amides is 3. The van der Waals surface area contributed by atoms with Crippen LogP contribution in [-0.2, 0) is 0 Å². The second kappa shape index (κ2) is 23.6. The summed E-state index contributed by atoms with van der Waals surface area (Å²) >= 11 is 0. The molecular formula is C61H54N10O5. The number of benzene rings is 3. The summed E-state index contributed by atoms with van der Waals surface area (Å²) in [5.41, 5.74) is 9.92. The Balaban J connectivity index is 0.000000130. The van der Waals surface area contributed by atoms with Gasteiger partial charge in [-0.15, -0.1) is 0 Å². The van der Waals surface area contributed by atoms with Crippen molar-refractivity contribution in [2.24, 2.45) is 0 Å². The maximum absolute atomic E-state index is 12.2. The highest BCUT2D eigenvalue weighted by molar-refractivity contribution is 6.04. The van der Waals surface area contributed by atoms with E-state index in [-0.39, 0.29) is 17.7 Å². The van der Waals surface area contributed by atoms with Crippen molar-refractivity contribution < 1.29 is 23.9 Å². The molecule has 6 aromatic heterocycles. The lowest BCUT2D eigenvalue weighted by atomic mass is 10.0. The van der Waals surface area contributed by atoms with Crippen molar-refractivity contribution in [2.45, 2.75) is 70.5 Å². The third-order valence-corrected chi connectivity index (χ3v) is 12.4. The highest BCUT2D eigenvalue weighted by atomic mass is 16.5. The Bertz CT molecular complexity index is 3420. The molecule has 9 aromatic rings. The number of aromatic nitrogens is 7. The van der Waals surface area contributed by atoms with Gasteiger partial charge >= 0.3 is 0 Å². The van der Waals surface area contributed by atoms with E-state index >= 15 is 0 Å². The Morgan fingerprint density at radius 3 is 1.33 bits per heavy atom. The molecule has 3 aliphatic carbocycles. The number of nitrogens with zero attached hydrogens (tertiary/aromatic N) is 7. The van der Waals surface area contributed by atoms with Gasteiger partial charge in [0.1, 0.15) is 34.8 Å². The van der Waals surface area contributed by atoms with Crippen LogP contribution in [0.5, 0.6) is 11.5 Å². The first kappa shape index (κ1) is 50.1. The normalized spacial score (nSPS) is 13.3. The smallest absolute Gasteiger partial charge is 0.259 e. The summed E-state index contributed by atoms with van der Waals surface area (Å²) in [6.07, 6.45) is 20.9. The van der Waals surface area contributed by atoms with Crippen LogP contribution in [-0.4, -0.2) is 64.8 Å². The first-order valence-electron chi connectivity index (χ1n) is 25.2. The average Bonchev–Trinajstić information content (AvgIpc) is 4.30. The Labute approximate surface area is 440 Å². The van der Waals surface area contributed by atoms with Crippen molar-refractivity contribution in [1.29, 1.82) is 0 Å². The topological polar surface area (TPSA) is 196 Å². The number of carbonyl (C=O) groups excluding carboxylic acids is 3. The third kappa shape index (κ3) is 14.2. The van der Waals surface area contributed by atoms with E-state index in [1.807, 2.05) is 85.8 Å². The number of rotatable bonds is 14. The third-order valence-electron chi connectivity index (χ3n) is 12.4. The van der Waals surface area contributed by atoms with Crippen LogP contribution in [0.4, 0.5) is 17.5 Å². The Morgan fingerprint density at radius 1 is 0.421 bits per heavy atom. The van der Waals surface area contributed by atoms with Gasteiger partial charge in [-0.2, -0.15) is 0 Å². The number of aryl methyl sites for hydroxylation is 2. The van der Waals surface area contributed by atoms with Gasteiger partial charge in [0.15, 0.2) is 0 Å². The first-order valence-corrected chi connectivity index (χ1v) is 25.2. The van der Waals surface area contributed by atoms with Gasteiger partial charge in [-0.25, -0.2) is 24.9 Å². The molecule has 0 bridgehead atoms. The average molecular weight is 1010 g/mol. The zero-order valence-corrected chi connectivity index (χ0v) is 42.0. The predicted octanol–water partition coefficient (Wildman–Crippen LogP) is 12.2. The maximum atomic E-state index is 12.2. The molecule has 0 saturated heterocycles. The number of hydrogen-bond acceptors (Lipinski definition) is 12. The molecule has 3 aliphatic rings. The monoisotopic (exact) mass is 1010 g/mol. The summed E-state index contributed by atoms with van der Waals surface area (Å²) in [5, 5.41) is 8.32.